The number of carboxylic acid groups (broad SMARTS) is 1. The van der Waals surface area contributed by atoms with Crippen molar-refractivity contribution in [3.63, 3.8) is 0 Å². The number of aliphatic carboxylic acids is 1. The van der Waals surface area contributed by atoms with Crippen LogP contribution in [-0.2, 0) is 44.7 Å². The Morgan fingerprint density at radius 3 is 2.50 bits per heavy atom. The van der Waals surface area contributed by atoms with Gasteiger partial charge in [-0.05, 0) is 85.4 Å². The molecular weight excluding hydrogens is 872 g/mol. The fraction of sp³-hybridized carbons (Fsp3) is 0.524. The largest absolute Gasteiger partial charge is 0.481 e. The number of halogens is 3. The van der Waals surface area contributed by atoms with Gasteiger partial charge < -0.3 is 40.7 Å². The number of allylic oxidation sites excluding steroid dienone is 4. The van der Waals surface area contributed by atoms with Gasteiger partial charge in [-0.1, -0.05) is 41.1 Å². The molecule has 1 aromatic heterocycles. The lowest BCUT2D eigenvalue weighted by Gasteiger charge is -2.63. The van der Waals surface area contributed by atoms with E-state index < -0.39 is 113 Å². The molecule has 0 bridgehead atoms. The summed E-state index contributed by atoms with van der Waals surface area (Å²) in [6, 6.07) is 7.56. The van der Waals surface area contributed by atoms with Crippen LogP contribution in [0.25, 0.3) is 0 Å². The maximum absolute atomic E-state index is 17.7. The number of thiophene rings is 1. The molecule has 18 heteroatoms. The number of carbonyl (C=O) groups is 6. The normalized spacial score (nSPS) is 34.3. The number of rotatable bonds is 14. The quantitative estimate of drug-likeness (QED) is 0.150. The van der Waals surface area contributed by atoms with Crippen LogP contribution in [0.4, 0.5) is 14.5 Å². The molecule has 1 aliphatic heterocycles. The summed E-state index contributed by atoms with van der Waals surface area (Å²) < 4.78 is 46.7. The van der Waals surface area contributed by atoms with E-state index in [1.807, 2.05) is 11.4 Å². The maximum atomic E-state index is 17.7. The van der Waals surface area contributed by atoms with Crippen molar-refractivity contribution >= 4 is 68.2 Å². The third-order valence-electron chi connectivity index (χ3n) is 13.3. The Labute approximate surface area is 356 Å². The van der Waals surface area contributed by atoms with Gasteiger partial charge in [-0.25, -0.2) is 8.78 Å². The van der Waals surface area contributed by atoms with Crippen LogP contribution in [0.2, 0.25) is 0 Å². The number of hydrogen-bond acceptors (Lipinski definition) is 11. The molecule has 4 aliphatic carbocycles. The summed E-state index contributed by atoms with van der Waals surface area (Å²) in [4.78, 5) is 75.1. The van der Waals surface area contributed by atoms with Gasteiger partial charge in [-0.15, -0.1) is 11.3 Å². The third-order valence-corrected chi connectivity index (χ3v) is 14.8. The summed E-state index contributed by atoms with van der Waals surface area (Å²) >= 11 is 4.38. The molecule has 0 radical (unpaired) electrons. The van der Waals surface area contributed by atoms with E-state index >= 15 is 8.78 Å². The molecule has 2 aromatic rings. The first kappa shape index (κ1) is 43.9. The molecule has 2 heterocycles. The van der Waals surface area contributed by atoms with E-state index in [0.29, 0.717) is 17.7 Å². The van der Waals surface area contributed by atoms with Gasteiger partial charge in [-0.2, -0.15) is 0 Å². The molecule has 3 saturated carbocycles. The van der Waals surface area contributed by atoms with E-state index in [1.54, 1.807) is 31.2 Å². The van der Waals surface area contributed by atoms with Gasteiger partial charge in [-0.3, -0.25) is 28.8 Å². The number of carboxylic acids is 1. The monoisotopic (exact) mass is 917 g/mol. The SMILES string of the molecule is C[C@]12C=CC(=O)C=C1[C@@H](F)C[C@H]1[C@@H]3C[C@H]4O[C@@H](c5csc(Cc6ccc(NC(=O)[C@H](CCC(=O)O)NC(=O)CNC(=O)CBr)cc6)c5)O[C@@]4(C(=O)CO)[C@@]3(C)C[C@H](O)[C@@]12F. The van der Waals surface area contributed by atoms with Gasteiger partial charge in [0, 0.05) is 45.7 Å². The Bertz CT molecular complexity index is 2150. The van der Waals surface area contributed by atoms with E-state index in [2.05, 4.69) is 31.9 Å². The minimum absolute atomic E-state index is 0.00400. The second-order valence-electron chi connectivity index (χ2n) is 16.7. The van der Waals surface area contributed by atoms with Gasteiger partial charge in [0.15, 0.2) is 29.1 Å². The lowest BCUT2D eigenvalue weighted by Crippen LogP contribution is -2.70. The highest BCUT2D eigenvalue weighted by Crippen LogP contribution is 2.72. The van der Waals surface area contributed by atoms with Crippen molar-refractivity contribution in [3.8, 4) is 0 Å². The average Bonchev–Trinajstić information content (AvgIpc) is 3.90. The molecule has 11 atom stereocenters. The molecule has 4 fully saturated rings. The van der Waals surface area contributed by atoms with Gasteiger partial charge in [0.1, 0.15) is 18.8 Å². The second-order valence-corrected chi connectivity index (χ2v) is 18.2. The maximum Gasteiger partial charge on any atom is 0.303 e. The smallest absolute Gasteiger partial charge is 0.303 e. The Balaban J connectivity index is 1.03. The Morgan fingerprint density at radius 2 is 1.82 bits per heavy atom. The summed E-state index contributed by atoms with van der Waals surface area (Å²) in [5.74, 6) is -5.73. The van der Waals surface area contributed by atoms with Gasteiger partial charge in [0.05, 0.1) is 24.1 Å². The van der Waals surface area contributed by atoms with Gasteiger partial charge in [0.2, 0.25) is 17.7 Å². The number of fused-ring (bicyclic) bond motifs is 7. The number of nitrogens with one attached hydrogen (secondary N) is 3. The van der Waals surface area contributed by atoms with E-state index in [0.717, 1.165) is 16.5 Å². The van der Waals surface area contributed by atoms with Crippen molar-refractivity contribution in [2.24, 2.45) is 22.7 Å². The average molecular weight is 919 g/mol. The first-order valence-corrected chi connectivity index (χ1v) is 21.6. The molecule has 7 rings (SSSR count). The highest BCUT2D eigenvalue weighted by Gasteiger charge is 2.80. The lowest BCUT2D eigenvalue weighted by molar-refractivity contribution is -0.235. The van der Waals surface area contributed by atoms with Crippen molar-refractivity contribution in [1.82, 2.24) is 10.6 Å². The lowest BCUT2D eigenvalue weighted by atomic mass is 9.44. The number of Topliss-reactive ketones (excluding diaryl/α,β-unsaturated/α-hetero) is 1. The number of amides is 3. The predicted octanol–water partition coefficient (Wildman–Crippen LogP) is 3.78. The van der Waals surface area contributed by atoms with Crippen molar-refractivity contribution < 1.29 is 62.3 Å². The number of ether oxygens (including phenoxy) is 2. The van der Waals surface area contributed by atoms with E-state index in [-0.39, 0.29) is 43.0 Å². The Hall–Kier alpha value is -4.20. The molecule has 60 heavy (non-hydrogen) atoms. The fourth-order valence-electron chi connectivity index (χ4n) is 10.5. The molecule has 322 valence electrons. The van der Waals surface area contributed by atoms with Crippen molar-refractivity contribution in [3.05, 3.63) is 75.5 Å². The zero-order chi connectivity index (χ0) is 43.4. The number of benzene rings is 1. The van der Waals surface area contributed by atoms with Crippen LogP contribution in [0.1, 0.15) is 68.2 Å². The van der Waals surface area contributed by atoms with E-state index in [1.165, 1.54) is 30.4 Å². The van der Waals surface area contributed by atoms with Crippen LogP contribution >= 0.6 is 27.3 Å². The standard InChI is InChI=1S/C42H46BrF2N3O11S/c1-39-10-9-24(50)13-28(39)29(44)14-27-26-15-33-42(32(52)19-49,40(26,2)16-31(51)41(27,39)45)59-38(58-33)22-12-25(60-20-22)11-21-3-5-23(6-4-21)47-37(57)30(7-8-36(55)56)48-35(54)18-46-34(53)17-43/h3-6,9-10,12-13,20,26-27,29-31,33,38,49,51H,7-8,11,14-19H2,1-2H3,(H,46,53)(H,47,57)(H,48,54)(H,55,56)/t26-,27-,29-,30-,31-,33+,38+,39-,40-,41-,42+/m0/s1. The molecule has 5 aliphatic rings. The summed E-state index contributed by atoms with van der Waals surface area (Å²) in [7, 11) is 0. The zero-order valence-electron chi connectivity index (χ0n) is 32.8. The van der Waals surface area contributed by atoms with E-state index in [9.17, 15) is 39.0 Å². The Kier molecular flexibility index (Phi) is 12.1. The predicted molar refractivity (Wildman–Crippen MR) is 215 cm³/mol. The van der Waals surface area contributed by atoms with Crippen LogP contribution < -0.4 is 16.0 Å². The molecule has 14 nitrogen and oxygen atoms in total. The minimum atomic E-state index is -2.35. The summed E-state index contributed by atoms with van der Waals surface area (Å²) in [5, 5.41) is 40.5. The number of aliphatic hydroxyl groups excluding tert-OH is 2. The number of aliphatic hydroxyl groups is 2. The summed E-state index contributed by atoms with van der Waals surface area (Å²) in [6.45, 7) is 1.95. The highest BCUT2D eigenvalue weighted by atomic mass is 79.9. The molecule has 3 amide bonds. The molecular formula is C42H46BrF2N3O11S. The summed E-state index contributed by atoms with van der Waals surface area (Å²) in [5.41, 5.74) is -5.10. The summed E-state index contributed by atoms with van der Waals surface area (Å²) in [6.07, 6.45) is -2.11. The van der Waals surface area contributed by atoms with Crippen LogP contribution in [0, 0.1) is 22.7 Å². The van der Waals surface area contributed by atoms with Crippen molar-refractivity contribution in [2.45, 2.75) is 94.4 Å². The third kappa shape index (κ3) is 7.36. The molecule has 0 spiro atoms. The second kappa shape index (κ2) is 16.6. The fourth-order valence-corrected chi connectivity index (χ4v) is 11.6. The van der Waals surface area contributed by atoms with Gasteiger partial charge >= 0.3 is 5.97 Å². The molecule has 1 saturated heterocycles. The topological polar surface area (TPSA) is 218 Å². The highest BCUT2D eigenvalue weighted by molar-refractivity contribution is 9.09. The van der Waals surface area contributed by atoms with E-state index in [4.69, 9.17) is 14.6 Å². The minimum Gasteiger partial charge on any atom is -0.481 e. The first-order chi connectivity index (χ1) is 28.4. The Morgan fingerprint density at radius 1 is 1.08 bits per heavy atom. The first-order valence-electron chi connectivity index (χ1n) is 19.6. The van der Waals surface area contributed by atoms with Crippen LogP contribution in [0.3, 0.4) is 0 Å². The number of alkyl halides is 3. The number of carbonyl (C=O) groups excluding carboxylic acids is 5. The number of anilines is 1. The van der Waals surface area contributed by atoms with Crippen molar-refractivity contribution in [2.75, 3.05) is 23.8 Å². The van der Waals surface area contributed by atoms with Crippen LogP contribution in [0.15, 0.2) is 59.5 Å². The molecule has 1 aromatic carbocycles. The molecule has 6 N–H and O–H groups in total. The van der Waals surface area contributed by atoms with Crippen molar-refractivity contribution in [1.29, 1.82) is 0 Å². The molecule has 0 unspecified atom stereocenters. The van der Waals surface area contributed by atoms with Crippen LogP contribution in [0.5, 0.6) is 0 Å². The number of hydrogen-bond donors (Lipinski definition) is 6. The zero-order valence-corrected chi connectivity index (χ0v) is 35.2. The number of ketones is 2. The van der Waals surface area contributed by atoms with Gasteiger partial charge in [0.25, 0.3) is 0 Å². The van der Waals surface area contributed by atoms with Crippen LogP contribution in [-0.4, -0.2) is 105 Å².